The second-order valence-corrected chi connectivity index (χ2v) is 9.72. The highest BCUT2D eigenvalue weighted by Crippen LogP contribution is 2.35. The van der Waals surface area contributed by atoms with Crippen LogP contribution in [0.4, 0.5) is 10.4 Å². The molecule has 2 aromatic carbocycles. The highest BCUT2D eigenvalue weighted by atomic mass is 79.9. The van der Waals surface area contributed by atoms with Crippen LogP contribution in [0.15, 0.2) is 36.0 Å². The zero-order valence-electron chi connectivity index (χ0n) is 15.9. The number of fused-ring (bicyclic) bond motifs is 2. The van der Waals surface area contributed by atoms with Crippen molar-refractivity contribution >= 4 is 95.5 Å². The maximum absolute atomic E-state index is 13.7. The van der Waals surface area contributed by atoms with Gasteiger partial charge in [0.2, 0.25) is 0 Å². The predicted molar refractivity (Wildman–Crippen MR) is 130 cm³/mol. The lowest BCUT2D eigenvalue weighted by Crippen LogP contribution is -2.50. The van der Waals surface area contributed by atoms with E-state index in [-0.39, 0.29) is 15.5 Å². The van der Waals surface area contributed by atoms with Gasteiger partial charge in [-0.1, -0.05) is 23.2 Å². The van der Waals surface area contributed by atoms with Gasteiger partial charge in [0, 0.05) is 30.7 Å². The van der Waals surface area contributed by atoms with Gasteiger partial charge in [0.05, 0.1) is 19.5 Å². The Morgan fingerprint density at radius 1 is 1.23 bits per heavy atom. The number of aromatic amines is 1. The molecule has 12 heteroatoms. The maximum atomic E-state index is 13.7. The van der Waals surface area contributed by atoms with E-state index in [1.165, 1.54) is 6.07 Å². The molecule has 0 aliphatic carbocycles. The molecule has 5 rings (SSSR count). The molecule has 31 heavy (non-hydrogen) atoms. The van der Waals surface area contributed by atoms with Crippen molar-refractivity contribution in [3.63, 3.8) is 0 Å². The summed E-state index contributed by atoms with van der Waals surface area (Å²) in [7, 11) is 0. The Hall–Kier alpha value is -1.17. The Kier molecular flexibility index (Phi) is 6.95. The molecule has 164 valence electrons. The van der Waals surface area contributed by atoms with Gasteiger partial charge >= 0.3 is 0 Å². The monoisotopic (exact) mass is 610 g/mol. The van der Waals surface area contributed by atoms with Crippen molar-refractivity contribution in [2.24, 2.45) is 0 Å². The van der Waals surface area contributed by atoms with Crippen LogP contribution < -0.4 is 10.2 Å². The summed E-state index contributed by atoms with van der Waals surface area (Å²) in [6.07, 6.45) is 0. The second-order valence-electron chi connectivity index (χ2n) is 6.86. The number of aromatic nitrogens is 2. The summed E-state index contributed by atoms with van der Waals surface area (Å²) >= 11 is 22.9. The normalized spacial score (nSPS) is 16.6. The molecule has 0 amide bonds. The van der Waals surface area contributed by atoms with Gasteiger partial charge in [-0.25, -0.2) is 4.39 Å². The van der Waals surface area contributed by atoms with E-state index in [4.69, 9.17) is 44.3 Å². The zero-order valence-corrected chi connectivity index (χ0v) is 21.4. The van der Waals surface area contributed by atoms with E-state index in [2.05, 4.69) is 59.0 Å². The molecular weight excluding hydrogens is 598 g/mol. The topological polar surface area (TPSA) is 70.2 Å². The van der Waals surface area contributed by atoms with Gasteiger partial charge in [-0.05, 0) is 69.2 Å². The van der Waals surface area contributed by atoms with Crippen molar-refractivity contribution in [1.29, 1.82) is 0 Å². The molecular formula is C19H15Br2Cl2FN4O2S. The smallest absolute Gasteiger partial charge is 0.298 e. The van der Waals surface area contributed by atoms with Crippen molar-refractivity contribution < 1.29 is 13.2 Å². The lowest BCUT2D eigenvalue weighted by atomic mass is 10.2. The molecule has 6 nitrogen and oxygen atoms in total. The summed E-state index contributed by atoms with van der Waals surface area (Å²) in [5, 5.41) is 3.97. The summed E-state index contributed by atoms with van der Waals surface area (Å²) in [5.41, 5.74) is 2.45. The van der Waals surface area contributed by atoms with Crippen molar-refractivity contribution in [3.05, 3.63) is 47.8 Å². The minimum absolute atomic E-state index is 0.0348. The highest BCUT2D eigenvalue weighted by Gasteiger charge is 2.24. The van der Waals surface area contributed by atoms with Crippen LogP contribution in [0.25, 0.3) is 22.2 Å². The van der Waals surface area contributed by atoms with Gasteiger partial charge < -0.3 is 24.0 Å². The third-order valence-corrected chi connectivity index (χ3v) is 6.67. The first kappa shape index (κ1) is 23.0. The van der Waals surface area contributed by atoms with Crippen molar-refractivity contribution in [2.75, 3.05) is 24.5 Å². The molecule has 1 unspecified atom stereocenters. The standard InChI is InChI=1S/C12H12BrClFN3O.C7H3BrClNOS/c1-6-5-16-2-3-18(6)12-17-8-4-7(14)10(15)9(13)11(8)19-12;8-4-1-3(9)2-5-6(4)11-7(12)10-5/h4,6,16H,2-3,5H2,1H3;1-2H,(H,10,12). The fourth-order valence-electron chi connectivity index (χ4n) is 3.20. The number of nitrogens with one attached hydrogen (secondary N) is 2. The lowest BCUT2D eigenvalue weighted by Gasteiger charge is -2.32. The Bertz CT molecular complexity index is 1330. The number of benzene rings is 2. The van der Waals surface area contributed by atoms with Gasteiger partial charge in [0.25, 0.3) is 10.9 Å². The van der Waals surface area contributed by atoms with Crippen molar-refractivity contribution in [2.45, 2.75) is 13.0 Å². The summed E-state index contributed by atoms with van der Waals surface area (Å²) in [5.74, 6) is -0.523. The number of hydrogen-bond donors (Lipinski definition) is 2. The quantitative estimate of drug-likeness (QED) is 0.177. The fraction of sp³-hybridized carbons (Fsp3) is 0.263. The number of rotatable bonds is 1. The third kappa shape index (κ3) is 4.79. The first-order valence-electron chi connectivity index (χ1n) is 9.14. The fourth-order valence-corrected chi connectivity index (χ4v) is 5.09. The molecule has 1 aliphatic heterocycles. The van der Waals surface area contributed by atoms with E-state index >= 15 is 0 Å². The second kappa shape index (κ2) is 9.36. The molecule has 0 saturated carbocycles. The van der Waals surface area contributed by atoms with E-state index < -0.39 is 5.82 Å². The van der Waals surface area contributed by atoms with Crippen LogP contribution in [-0.4, -0.2) is 35.6 Å². The van der Waals surface area contributed by atoms with Gasteiger partial charge in [-0.2, -0.15) is 4.98 Å². The van der Waals surface area contributed by atoms with Crippen molar-refractivity contribution in [3.8, 4) is 0 Å². The average molecular weight is 613 g/mol. The molecule has 4 aromatic rings. The number of oxazole rings is 2. The molecule has 0 spiro atoms. The first-order valence-corrected chi connectivity index (χ1v) is 11.9. The third-order valence-electron chi connectivity index (χ3n) is 4.69. The maximum Gasteiger partial charge on any atom is 0.298 e. The van der Waals surface area contributed by atoms with Gasteiger partial charge in [-0.15, -0.1) is 0 Å². The molecule has 1 atom stereocenters. The molecule has 3 heterocycles. The number of piperazine rings is 1. The summed E-state index contributed by atoms with van der Waals surface area (Å²) < 4.78 is 25.6. The molecule has 1 aliphatic rings. The number of H-pyrrole nitrogens is 1. The predicted octanol–water partition coefficient (Wildman–Crippen LogP) is 7.09. The van der Waals surface area contributed by atoms with Gasteiger partial charge in [-0.3, -0.25) is 0 Å². The largest absolute Gasteiger partial charge is 0.428 e. The Labute approximate surface area is 208 Å². The van der Waals surface area contributed by atoms with E-state index in [0.717, 1.165) is 29.6 Å². The molecule has 0 bridgehead atoms. The summed E-state index contributed by atoms with van der Waals surface area (Å²) in [6.45, 7) is 4.64. The number of halogens is 5. The SMILES string of the molecule is CC1CNCCN1c1nc2cc(Cl)c(F)c(Br)c2o1.S=c1[nH]c2cc(Cl)cc(Br)c2o1. The lowest BCUT2D eigenvalue weighted by molar-refractivity contribution is 0.455. The number of nitrogens with zero attached hydrogens (tertiary/aromatic N) is 2. The van der Waals surface area contributed by atoms with Crippen LogP contribution in [-0.2, 0) is 0 Å². The number of anilines is 1. The Morgan fingerprint density at radius 3 is 2.74 bits per heavy atom. The highest BCUT2D eigenvalue weighted by molar-refractivity contribution is 9.11. The molecule has 2 N–H and O–H groups in total. The van der Waals surface area contributed by atoms with Crippen LogP contribution in [0.5, 0.6) is 0 Å². The van der Waals surface area contributed by atoms with Crippen LogP contribution in [0.1, 0.15) is 6.92 Å². The van der Waals surface area contributed by atoms with Crippen LogP contribution in [0.2, 0.25) is 10.0 Å². The Morgan fingerprint density at radius 2 is 2.00 bits per heavy atom. The molecule has 1 fully saturated rings. The van der Waals surface area contributed by atoms with E-state index in [1.54, 1.807) is 12.1 Å². The minimum atomic E-state index is -0.523. The minimum Gasteiger partial charge on any atom is -0.428 e. The number of hydrogen-bond acceptors (Lipinski definition) is 6. The Balaban J connectivity index is 0.000000166. The van der Waals surface area contributed by atoms with Crippen LogP contribution in [0.3, 0.4) is 0 Å². The zero-order chi connectivity index (χ0) is 22.3. The van der Waals surface area contributed by atoms with E-state index in [0.29, 0.717) is 32.6 Å². The van der Waals surface area contributed by atoms with Crippen LogP contribution in [0, 0.1) is 10.7 Å². The summed E-state index contributed by atoms with van der Waals surface area (Å²) in [4.78, 5) is 9.69. The van der Waals surface area contributed by atoms with E-state index in [1.807, 2.05) is 0 Å². The molecule has 0 radical (unpaired) electrons. The van der Waals surface area contributed by atoms with E-state index in [9.17, 15) is 4.39 Å². The van der Waals surface area contributed by atoms with Crippen molar-refractivity contribution in [1.82, 2.24) is 15.3 Å². The average Bonchev–Trinajstić information content (AvgIpc) is 3.30. The summed E-state index contributed by atoms with van der Waals surface area (Å²) in [6, 6.07) is 5.79. The first-order chi connectivity index (χ1) is 14.7. The molecule has 1 saturated heterocycles. The van der Waals surface area contributed by atoms with Gasteiger partial charge in [0.1, 0.15) is 5.52 Å². The van der Waals surface area contributed by atoms with Crippen LogP contribution >= 0.6 is 67.3 Å². The molecule has 2 aromatic heterocycles. The van der Waals surface area contributed by atoms with Gasteiger partial charge in [0.15, 0.2) is 17.0 Å².